The van der Waals surface area contributed by atoms with Gasteiger partial charge < -0.3 is 15.8 Å². The molecule has 188 valence electrons. The number of nitrogens with one attached hydrogen (secondary N) is 1. The average Bonchev–Trinajstić information content (AvgIpc) is 3.55. The summed E-state index contributed by atoms with van der Waals surface area (Å²) in [5.41, 5.74) is 4.50. The minimum absolute atomic E-state index is 0.0219. The Kier molecular flexibility index (Phi) is 6.32. The van der Waals surface area contributed by atoms with Gasteiger partial charge >= 0.3 is 12.3 Å². The van der Waals surface area contributed by atoms with Crippen molar-refractivity contribution >= 4 is 28.5 Å². The summed E-state index contributed by atoms with van der Waals surface area (Å²) in [6, 6.07) is 1.31. The third-order valence-electron chi connectivity index (χ3n) is 5.81. The Labute approximate surface area is 198 Å². The van der Waals surface area contributed by atoms with Gasteiger partial charge in [0.15, 0.2) is 11.8 Å². The first-order valence-corrected chi connectivity index (χ1v) is 10.9. The van der Waals surface area contributed by atoms with Gasteiger partial charge in [0, 0.05) is 11.5 Å². The van der Waals surface area contributed by atoms with Crippen LogP contribution in [0, 0.1) is 11.9 Å². The number of aromatic nitrogens is 3. The molecule has 15 heteroatoms. The van der Waals surface area contributed by atoms with Crippen molar-refractivity contribution in [2.75, 3.05) is 18.6 Å². The monoisotopic (exact) mass is 520 g/mol. The Hall–Kier alpha value is -3.10. The minimum Gasteiger partial charge on any atom is -0.470 e. The highest BCUT2D eigenvalue weighted by Gasteiger charge is 2.67. The molecular weight excluding hydrogens is 502 g/mol. The first-order valence-electron chi connectivity index (χ1n) is 10.1. The number of pyridine rings is 1. The molecule has 0 unspecified atom stereocenters. The number of ether oxygens (including phenoxy) is 1. The molecule has 0 spiro atoms. The molecule has 3 N–H and O–H groups in total. The number of hydrogen-bond donors (Lipinski definition) is 2. The van der Waals surface area contributed by atoms with Crippen molar-refractivity contribution in [1.82, 2.24) is 15.0 Å². The van der Waals surface area contributed by atoms with Crippen LogP contribution in [0.25, 0.3) is 0 Å². The van der Waals surface area contributed by atoms with E-state index in [0.29, 0.717) is 6.42 Å². The Morgan fingerprint density at radius 2 is 2.06 bits per heavy atom. The Morgan fingerprint density at radius 1 is 1.31 bits per heavy atom. The number of fused-ring (bicyclic) bond motifs is 1. The van der Waals surface area contributed by atoms with Gasteiger partial charge in [-0.3, -0.25) is 9.79 Å². The number of amidine groups is 1. The predicted octanol–water partition coefficient (Wildman–Crippen LogP) is 3.55. The summed E-state index contributed by atoms with van der Waals surface area (Å²) in [6.45, 7) is -0.656. The maximum atomic E-state index is 14.7. The highest BCUT2D eigenvalue weighted by atomic mass is 32.2. The van der Waals surface area contributed by atoms with Crippen LogP contribution in [0.4, 0.5) is 32.0 Å². The molecule has 1 aliphatic carbocycles. The van der Waals surface area contributed by atoms with E-state index in [-0.39, 0.29) is 28.0 Å². The Bertz CT molecular complexity index is 1170. The van der Waals surface area contributed by atoms with Crippen LogP contribution in [0.5, 0.6) is 5.88 Å². The van der Waals surface area contributed by atoms with Crippen molar-refractivity contribution in [3.8, 4) is 5.88 Å². The number of rotatable bonds is 8. The van der Waals surface area contributed by atoms with Crippen molar-refractivity contribution in [3.63, 3.8) is 0 Å². The molecule has 0 saturated heterocycles. The normalized spacial score (nSPS) is 25.6. The van der Waals surface area contributed by atoms with Gasteiger partial charge in [-0.2, -0.15) is 13.2 Å². The minimum atomic E-state index is -4.38. The molecule has 1 saturated carbocycles. The van der Waals surface area contributed by atoms with Crippen LogP contribution in [0.3, 0.4) is 0 Å². The molecule has 35 heavy (non-hydrogen) atoms. The zero-order valence-corrected chi connectivity index (χ0v) is 18.8. The fourth-order valence-electron chi connectivity index (χ4n) is 3.88. The Morgan fingerprint density at radius 3 is 2.69 bits per heavy atom. The number of amides is 1. The van der Waals surface area contributed by atoms with Gasteiger partial charge in [-0.05, 0) is 19.4 Å². The lowest BCUT2D eigenvalue weighted by atomic mass is 9.86. The largest absolute Gasteiger partial charge is 0.470 e. The summed E-state index contributed by atoms with van der Waals surface area (Å²) in [4.78, 5) is 27.8. The van der Waals surface area contributed by atoms with Crippen LogP contribution in [0.15, 0.2) is 29.6 Å². The van der Waals surface area contributed by atoms with E-state index >= 15 is 0 Å². The van der Waals surface area contributed by atoms with Crippen LogP contribution in [0.1, 0.15) is 29.4 Å². The van der Waals surface area contributed by atoms with Gasteiger partial charge in [0.1, 0.15) is 12.4 Å². The predicted molar refractivity (Wildman–Crippen MR) is 114 cm³/mol. The maximum absolute atomic E-state index is 14.7. The third kappa shape index (κ3) is 4.73. The number of anilines is 1. The van der Waals surface area contributed by atoms with E-state index in [2.05, 4.69) is 30.0 Å². The zero-order valence-electron chi connectivity index (χ0n) is 17.9. The average molecular weight is 520 g/mol. The number of alkyl halides is 5. The number of halogens is 6. The van der Waals surface area contributed by atoms with Crippen LogP contribution in [-0.2, 0) is 5.54 Å². The molecule has 1 amide bonds. The summed E-state index contributed by atoms with van der Waals surface area (Å²) in [7, 11) is 0. The van der Waals surface area contributed by atoms with E-state index in [1.807, 2.05) is 0 Å². The fraction of sp³-hybridized carbons (Fsp3) is 0.450. The molecule has 2 aromatic heterocycles. The van der Waals surface area contributed by atoms with Crippen molar-refractivity contribution < 1.29 is 35.9 Å². The van der Waals surface area contributed by atoms with Crippen LogP contribution >= 0.6 is 11.8 Å². The van der Waals surface area contributed by atoms with Gasteiger partial charge in [0.25, 0.3) is 5.91 Å². The summed E-state index contributed by atoms with van der Waals surface area (Å²) in [6.07, 6.45) is -0.727. The number of aliphatic imine (C=N–C) groups is 1. The van der Waals surface area contributed by atoms with E-state index in [9.17, 15) is 31.1 Å². The van der Waals surface area contributed by atoms with Gasteiger partial charge in [-0.1, -0.05) is 11.8 Å². The molecular formula is C20H18F6N6O2S. The molecule has 4 rings (SSSR count). The molecule has 0 aromatic carbocycles. The standard InChI is InChI=1S/C20H18F6N6O2S/c1-18(12-3-19(12,7-21)35-17(27)32-18)10-2-9(4-30-14(10)22)31-15(33)11-5-29-13(6-28-11)34-8-20(25,26)16(23)24/h2,4-6,12,16H,3,7-8H2,1H3,(H2,27,32)(H,31,33)/t12-,18-,19+/m0/s1. The van der Waals surface area contributed by atoms with E-state index < -0.39 is 53.7 Å². The van der Waals surface area contributed by atoms with Crippen LogP contribution < -0.4 is 15.8 Å². The SMILES string of the molecule is C[C@@]1(c2cc(NC(=O)c3cnc(OCC(F)(F)C(F)F)cn3)cnc2F)N=C(N)S[C@@]2(CF)C[C@H]21. The molecule has 3 heterocycles. The van der Waals surface area contributed by atoms with Gasteiger partial charge in [-0.15, -0.1) is 0 Å². The molecule has 8 nitrogen and oxygen atoms in total. The Balaban J connectivity index is 1.48. The third-order valence-corrected chi connectivity index (χ3v) is 7.08. The van der Waals surface area contributed by atoms with E-state index in [0.717, 1.165) is 30.4 Å². The summed E-state index contributed by atoms with van der Waals surface area (Å²) in [5, 5.41) is 2.57. The number of carbonyl (C=O) groups excluding carboxylic acids is 1. The topological polar surface area (TPSA) is 115 Å². The lowest BCUT2D eigenvalue weighted by molar-refractivity contribution is -0.148. The number of carbonyl (C=O) groups is 1. The van der Waals surface area contributed by atoms with Crippen LogP contribution in [0.2, 0.25) is 0 Å². The van der Waals surface area contributed by atoms with Crippen molar-refractivity contribution in [1.29, 1.82) is 0 Å². The first-order chi connectivity index (χ1) is 16.4. The molecule has 0 radical (unpaired) electrons. The van der Waals surface area contributed by atoms with Crippen molar-refractivity contribution in [3.05, 3.63) is 41.9 Å². The second kappa shape index (κ2) is 8.84. The highest BCUT2D eigenvalue weighted by Crippen LogP contribution is 2.66. The second-order valence-corrected chi connectivity index (χ2v) is 9.70. The van der Waals surface area contributed by atoms with E-state index in [1.54, 1.807) is 6.92 Å². The van der Waals surface area contributed by atoms with Gasteiger partial charge in [0.2, 0.25) is 11.8 Å². The molecule has 1 fully saturated rings. The highest BCUT2D eigenvalue weighted by molar-refractivity contribution is 8.15. The lowest BCUT2D eigenvalue weighted by Gasteiger charge is -2.33. The fourth-order valence-corrected chi connectivity index (χ4v) is 5.21. The van der Waals surface area contributed by atoms with Gasteiger partial charge in [0.05, 0.1) is 34.6 Å². The van der Waals surface area contributed by atoms with Crippen molar-refractivity contribution in [2.24, 2.45) is 16.6 Å². The molecule has 0 bridgehead atoms. The summed E-state index contributed by atoms with van der Waals surface area (Å²) in [5.74, 6) is -6.85. The molecule has 1 aliphatic heterocycles. The number of thioether (sulfide) groups is 1. The first kappa shape index (κ1) is 25.0. The van der Waals surface area contributed by atoms with Gasteiger partial charge in [-0.25, -0.2) is 28.1 Å². The second-order valence-electron chi connectivity index (χ2n) is 8.26. The number of nitrogens with zero attached hydrogens (tertiary/aromatic N) is 4. The zero-order chi connectivity index (χ0) is 25.6. The molecule has 2 aromatic rings. The van der Waals surface area contributed by atoms with Crippen molar-refractivity contribution in [2.45, 2.75) is 36.0 Å². The lowest BCUT2D eigenvalue weighted by Crippen LogP contribution is -2.37. The quantitative estimate of drug-likeness (QED) is 0.404. The smallest absolute Gasteiger partial charge is 0.340 e. The summed E-state index contributed by atoms with van der Waals surface area (Å²) < 4.78 is 82.3. The van der Waals surface area contributed by atoms with Crippen LogP contribution in [-0.4, -0.2) is 56.4 Å². The summed E-state index contributed by atoms with van der Waals surface area (Å²) >= 11 is 1.12. The number of nitrogens with two attached hydrogens (primary N) is 1. The number of hydrogen-bond acceptors (Lipinski definition) is 8. The van der Waals surface area contributed by atoms with E-state index in [4.69, 9.17) is 5.73 Å². The maximum Gasteiger partial charge on any atom is 0.340 e. The van der Waals surface area contributed by atoms with E-state index in [1.165, 1.54) is 6.07 Å². The molecule has 2 aliphatic rings. The molecule has 3 atom stereocenters.